The molecule has 1 aromatic carbocycles. The molecule has 2 amide bonds. The normalized spacial score (nSPS) is 10.8. The van der Waals surface area contributed by atoms with Gasteiger partial charge >= 0.3 is 5.97 Å². The minimum atomic E-state index is -0.671. The van der Waals surface area contributed by atoms with Crippen LogP contribution < -0.4 is 10.1 Å². The van der Waals surface area contributed by atoms with Gasteiger partial charge in [-0.05, 0) is 38.5 Å². The number of rotatable bonds is 7. The Bertz CT molecular complexity index is 670. The van der Waals surface area contributed by atoms with Crippen molar-refractivity contribution in [2.75, 3.05) is 27.3 Å². The predicted molar refractivity (Wildman–Crippen MR) is 93.1 cm³/mol. The molecule has 8 heteroatoms. The Hall–Kier alpha value is -2.64. The number of carbonyl (C=O) groups excluding carboxylic acids is 3. The van der Waals surface area contributed by atoms with Crippen molar-refractivity contribution in [3.8, 4) is 5.75 Å². The van der Waals surface area contributed by atoms with Crippen molar-refractivity contribution in [2.24, 2.45) is 0 Å². The van der Waals surface area contributed by atoms with Gasteiger partial charge in [0.15, 0.2) is 18.2 Å². The minimum Gasteiger partial charge on any atom is -0.494 e. The Kier molecular flexibility index (Phi) is 7.55. The highest BCUT2D eigenvalue weighted by molar-refractivity contribution is 5.86. The lowest BCUT2D eigenvalue weighted by atomic mass is 10.1. The SMILES string of the molecule is COc1ccc(CC(=O)OCC(=O)N(C)CC(=O)NC(C)(C)C)cc1F. The highest BCUT2D eigenvalue weighted by atomic mass is 19.1. The van der Waals surface area contributed by atoms with E-state index < -0.39 is 29.8 Å². The van der Waals surface area contributed by atoms with Crippen LogP contribution in [0.25, 0.3) is 0 Å². The number of likely N-dealkylation sites (N-methyl/N-ethyl adjacent to an activating group) is 1. The van der Waals surface area contributed by atoms with Crippen molar-refractivity contribution in [3.05, 3.63) is 29.6 Å². The van der Waals surface area contributed by atoms with Crippen LogP contribution in [0.1, 0.15) is 26.3 Å². The number of amides is 2. The van der Waals surface area contributed by atoms with Crippen molar-refractivity contribution in [2.45, 2.75) is 32.7 Å². The van der Waals surface area contributed by atoms with Crippen LogP contribution in [-0.4, -0.2) is 55.5 Å². The number of esters is 1. The Morgan fingerprint density at radius 2 is 1.88 bits per heavy atom. The van der Waals surface area contributed by atoms with Crippen LogP contribution in [-0.2, 0) is 25.5 Å². The second-order valence-corrected chi connectivity index (χ2v) is 6.85. The van der Waals surface area contributed by atoms with E-state index in [0.717, 1.165) is 0 Å². The Labute approximate surface area is 152 Å². The highest BCUT2D eigenvalue weighted by Gasteiger charge is 2.19. The Morgan fingerprint density at radius 1 is 1.23 bits per heavy atom. The first-order valence-corrected chi connectivity index (χ1v) is 8.05. The van der Waals surface area contributed by atoms with Crippen molar-refractivity contribution in [1.82, 2.24) is 10.2 Å². The van der Waals surface area contributed by atoms with Gasteiger partial charge in [-0.2, -0.15) is 0 Å². The van der Waals surface area contributed by atoms with Crippen LogP contribution in [0.15, 0.2) is 18.2 Å². The van der Waals surface area contributed by atoms with E-state index in [4.69, 9.17) is 9.47 Å². The topological polar surface area (TPSA) is 84.9 Å². The fourth-order valence-electron chi connectivity index (χ4n) is 2.05. The van der Waals surface area contributed by atoms with Crippen LogP contribution in [0.5, 0.6) is 5.75 Å². The summed E-state index contributed by atoms with van der Waals surface area (Å²) in [5, 5.41) is 2.73. The van der Waals surface area contributed by atoms with E-state index in [1.54, 1.807) is 0 Å². The van der Waals surface area contributed by atoms with Crippen molar-refractivity contribution in [3.63, 3.8) is 0 Å². The third-order valence-electron chi connectivity index (χ3n) is 3.24. The second kappa shape index (κ2) is 9.17. The maximum absolute atomic E-state index is 13.6. The number of halogens is 1. The molecule has 0 radical (unpaired) electrons. The summed E-state index contributed by atoms with van der Waals surface area (Å²) in [7, 11) is 2.79. The van der Waals surface area contributed by atoms with Gasteiger partial charge in [0.05, 0.1) is 20.1 Å². The van der Waals surface area contributed by atoms with Crippen molar-refractivity contribution in [1.29, 1.82) is 0 Å². The van der Waals surface area contributed by atoms with Crippen LogP contribution in [0, 0.1) is 5.82 Å². The average Bonchev–Trinajstić information content (AvgIpc) is 2.50. The number of methoxy groups -OCH3 is 1. The molecule has 0 fully saturated rings. The number of carbonyl (C=O) groups is 3. The Morgan fingerprint density at radius 3 is 2.42 bits per heavy atom. The molecule has 0 bridgehead atoms. The molecule has 144 valence electrons. The van der Waals surface area contributed by atoms with E-state index in [-0.39, 0.29) is 24.6 Å². The number of ether oxygens (including phenoxy) is 2. The van der Waals surface area contributed by atoms with E-state index in [1.165, 1.54) is 37.3 Å². The van der Waals surface area contributed by atoms with E-state index in [9.17, 15) is 18.8 Å². The zero-order valence-corrected chi connectivity index (χ0v) is 15.7. The van der Waals surface area contributed by atoms with Crippen molar-refractivity contribution >= 4 is 17.8 Å². The fourth-order valence-corrected chi connectivity index (χ4v) is 2.05. The molecular weight excluding hydrogens is 343 g/mol. The van der Waals surface area contributed by atoms with Gasteiger partial charge in [0, 0.05) is 12.6 Å². The van der Waals surface area contributed by atoms with Gasteiger partial charge in [0.25, 0.3) is 5.91 Å². The van der Waals surface area contributed by atoms with Gasteiger partial charge in [-0.3, -0.25) is 14.4 Å². The first-order chi connectivity index (χ1) is 12.0. The summed E-state index contributed by atoms with van der Waals surface area (Å²) in [6, 6.07) is 4.11. The summed E-state index contributed by atoms with van der Waals surface area (Å²) in [5.74, 6) is -2.00. The fraction of sp³-hybridized carbons (Fsp3) is 0.500. The van der Waals surface area contributed by atoms with E-state index >= 15 is 0 Å². The number of nitrogens with zero attached hydrogens (tertiary/aromatic N) is 1. The number of benzene rings is 1. The lowest BCUT2D eigenvalue weighted by Gasteiger charge is -2.23. The summed E-state index contributed by atoms with van der Waals surface area (Å²) >= 11 is 0. The van der Waals surface area contributed by atoms with E-state index in [1.807, 2.05) is 20.8 Å². The van der Waals surface area contributed by atoms with Gasteiger partial charge < -0.3 is 19.7 Å². The summed E-state index contributed by atoms with van der Waals surface area (Å²) < 4.78 is 23.3. The lowest BCUT2D eigenvalue weighted by molar-refractivity contribution is -0.151. The van der Waals surface area contributed by atoms with Crippen molar-refractivity contribution < 1.29 is 28.2 Å². The molecule has 26 heavy (non-hydrogen) atoms. The maximum atomic E-state index is 13.6. The van der Waals surface area contributed by atoms with E-state index in [0.29, 0.717) is 5.56 Å². The molecule has 1 N–H and O–H groups in total. The molecule has 1 aromatic rings. The van der Waals surface area contributed by atoms with Crippen LogP contribution in [0.2, 0.25) is 0 Å². The molecule has 0 heterocycles. The largest absolute Gasteiger partial charge is 0.494 e. The zero-order chi connectivity index (χ0) is 19.9. The van der Waals surface area contributed by atoms with Crippen LogP contribution in [0.3, 0.4) is 0 Å². The molecule has 0 saturated carbocycles. The molecular formula is C18H25FN2O5. The molecule has 0 aliphatic carbocycles. The molecule has 0 unspecified atom stereocenters. The maximum Gasteiger partial charge on any atom is 0.310 e. The molecule has 0 aliphatic heterocycles. The number of hydrogen-bond acceptors (Lipinski definition) is 5. The third kappa shape index (κ3) is 7.50. The van der Waals surface area contributed by atoms with E-state index in [2.05, 4.69) is 5.32 Å². The first kappa shape index (κ1) is 21.4. The number of hydrogen-bond donors (Lipinski definition) is 1. The minimum absolute atomic E-state index is 0.0763. The first-order valence-electron chi connectivity index (χ1n) is 8.05. The van der Waals surface area contributed by atoms with Gasteiger partial charge in [-0.15, -0.1) is 0 Å². The monoisotopic (exact) mass is 368 g/mol. The molecule has 0 aromatic heterocycles. The standard InChI is InChI=1S/C18H25FN2O5/c1-18(2,3)20-15(22)10-21(4)16(23)11-26-17(24)9-12-6-7-14(25-5)13(19)8-12/h6-8H,9-11H2,1-5H3,(H,20,22). The Balaban J connectivity index is 2.45. The predicted octanol–water partition coefficient (Wildman–Crippen LogP) is 1.29. The van der Waals surface area contributed by atoms with Gasteiger partial charge in [-0.25, -0.2) is 4.39 Å². The second-order valence-electron chi connectivity index (χ2n) is 6.85. The van der Waals surface area contributed by atoms with Crippen LogP contribution >= 0.6 is 0 Å². The quantitative estimate of drug-likeness (QED) is 0.733. The van der Waals surface area contributed by atoms with Gasteiger partial charge in [0.2, 0.25) is 5.91 Å². The molecule has 0 saturated heterocycles. The molecule has 0 spiro atoms. The third-order valence-corrected chi connectivity index (χ3v) is 3.24. The summed E-state index contributed by atoms with van der Waals surface area (Å²) in [5.41, 5.74) is -0.000175. The van der Waals surface area contributed by atoms with Crippen LogP contribution in [0.4, 0.5) is 4.39 Å². The lowest BCUT2D eigenvalue weighted by Crippen LogP contribution is -2.46. The smallest absolute Gasteiger partial charge is 0.310 e. The zero-order valence-electron chi connectivity index (χ0n) is 15.7. The average molecular weight is 368 g/mol. The number of nitrogens with one attached hydrogen (secondary N) is 1. The highest BCUT2D eigenvalue weighted by Crippen LogP contribution is 2.18. The molecule has 7 nitrogen and oxygen atoms in total. The summed E-state index contributed by atoms with van der Waals surface area (Å²) in [6.45, 7) is 4.86. The summed E-state index contributed by atoms with van der Waals surface area (Å²) in [6.07, 6.45) is -0.178. The summed E-state index contributed by atoms with van der Waals surface area (Å²) in [4.78, 5) is 36.7. The molecule has 1 rings (SSSR count). The van der Waals surface area contributed by atoms with Gasteiger partial charge in [-0.1, -0.05) is 6.07 Å². The molecule has 0 atom stereocenters. The molecule has 0 aliphatic rings. The van der Waals surface area contributed by atoms with Gasteiger partial charge in [0.1, 0.15) is 0 Å².